The van der Waals surface area contributed by atoms with Crippen molar-refractivity contribution >= 4 is 33.1 Å². The van der Waals surface area contributed by atoms with E-state index >= 15 is 0 Å². The van der Waals surface area contributed by atoms with Crippen LogP contribution >= 0.6 is 11.3 Å². The maximum atomic E-state index is 12.0. The first-order chi connectivity index (χ1) is 9.09. The van der Waals surface area contributed by atoms with Crippen molar-refractivity contribution in [3.05, 3.63) is 23.2 Å². The zero-order valence-electron chi connectivity index (χ0n) is 11.0. The minimum Gasteiger partial charge on any atom is -0.396 e. The van der Waals surface area contributed by atoms with Crippen molar-refractivity contribution in [3.8, 4) is 0 Å². The summed E-state index contributed by atoms with van der Waals surface area (Å²) in [5, 5.41) is 2.79. The molecule has 0 atom stereocenters. The molecule has 5 nitrogen and oxygen atoms in total. The standard InChI is InChI=1S/C13H17N3O2S/c1-8(2)18-7-6-16-13(17)12-10(14)11-9(19-12)4-3-5-15-11/h3-5,8H,6-7,14H2,1-2H3,(H,16,17). The molecule has 0 saturated carbocycles. The summed E-state index contributed by atoms with van der Waals surface area (Å²) in [6, 6.07) is 3.73. The maximum absolute atomic E-state index is 12.0. The molecule has 2 aromatic rings. The molecule has 2 rings (SSSR count). The average molecular weight is 279 g/mol. The van der Waals surface area contributed by atoms with Gasteiger partial charge in [0.1, 0.15) is 10.4 Å². The number of ether oxygens (including phenoxy) is 1. The first-order valence-corrected chi connectivity index (χ1v) is 6.94. The number of hydrogen-bond donors (Lipinski definition) is 2. The van der Waals surface area contributed by atoms with Gasteiger partial charge in [0.25, 0.3) is 5.91 Å². The molecule has 19 heavy (non-hydrogen) atoms. The molecular weight excluding hydrogens is 262 g/mol. The van der Waals surface area contributed by atoms with Crippen molar-refractivity contribution in [2.24, 2.45) is 0 Å². The lowest BCUT2D eigenvalue weighted by atomic mass is 10.3. The third-order valence-electron chi connectivity index (χ3n) is 2.53. The predicted octanol–water partition coefficient (Wildman–Crippen LogP) is 2.03. The summed E-state index contributed by atoms with van der Waals surface area (Å²) < 4.78 is 6.28. The number of fused-ring (bicyclic) bond motifs is 1. The Balaban J connectivity index is 2.03. The Labute approximate surface area is 115 Å². The summed E-state index contributed by atoms with van der Waals surface area (Å²) in [6.07, 6.45) is 1.83. The van der Waals surface area contributed by atoms with E-state index in [1.165, 1.54) is 11.3 Å². The Bertz CT molecular complexity index is 580. The van der Waals surface area contributed by atoms with Crippen LogP contribution < -0.4 is 11.1 Å². The smallest absolute Gasteiger partial charge is 0.263 e. The van der Waals surface area contributed by atoms with Crippen molar-refractivity contribution in [2.75, 3.05) is 18.9 Å². The highest BCUT2D eigenvalue weighted by atomic mass is 32.1. The summed E-state index contributed by atoms with van der Waals surface area (Å²) >= 11 is 1.36. The van der Waals surface area contributed by atoms with Crippen LogP contribution in [0.5, 0.6) is 0 Å². The summed E-state index contributed by atoms with van der Waals surface area (Å²) in [6.45, 7) is 4.87. The van der Waals surface area contributed by atoms with Gasteiger partial charge in [-0.05, 0) is 26.0 Å². The molecule has 0 aromatic carbocycles. The molecule has 2 heterocycles. The van der Waals surface area contributed by atoms with Crippen LogP contribution in [0.15, 0.2) is 18.3 Å². The van der Waals surface area contributed by atoms with Crippen LogP contribution in [0.1, 0.15) is 23.5 Å². The third-order valence-corrected chi connectivity index (χ3v) is 3.69. The monoisotopic (exact) mass is 279 g/mol. The van der Waals surface area contributed by atoms with E-state index in [-0.39, 0.29) is 12.0 Å². The molecule has 0 saturated heterocycles. The average Bonchev–Trinajstić information content (AvgIpc) is 2.72. The number of carbonyl (C=O) groups is 1. The molecule has 0 bridgehead atoms. The number of nitrogens with zero attached hydrogens (tertiary/aromatic N) is 1. The molecular formula is C13H17N3O2S. The van der Waals surface area contributed by atoms with Gasteiger partial charge in [-0.15, -0.1) is 11.3 Å². The molecule has 0 radical (unpaired) electrons. The van der Waals surface area contributed by atoms with Gasteiger partial charge in [-0.2, -0.15) is 0 Å². The van der Waals surface area contributed by atoms with Crippen LogP contribution in [0.25, 0.3) is 10.2 Å². The Morgan fingerprint density at radius 3 is 3.05 bits per heavy atom. The topological polar surface area (TPSA) is 77.2 Å². The number of nitrogen functional groups attached to an aromatic ring is 1. The SMILES string of the molecule is CC(C)OCCNC(=O)c1sc2cccnc2c1N. The van der Waals surface area contributed by atoms with E-state index in [2.05, 4.69) is 10.3 Å². The van der Waals surface area contributed by atoms with E-state index in [4.69, 9.17) is 10.5 Å². The number of hydrogen-bond acceptors (Lipinski definition) is 5. The molecule has 0 aliphatic carbocycles. The van der Waals surface area contributed by atoms with Crippen molar-refractivity contribution in [3.63, 3.8) is 0 Å². The van der Waals surface area contributed by atoms with Gasteiger partial charge in [-0.3, -0.25) is 9.78 Å². The first kappa shape index (κ1) is 13.8. The van der Waals surface area contributed by atoms with Gasteiger partial charge < -0.3 is 15.8 Å². The molecule has 0 aliphatic rings. The second-order valence-electron chi connectivity index (χ2n) is 4.37. The number of thiophene rings is 1. The van der Waals surface area contributed by atoms with Gasteiger partial charge in [0, 0.05) is 12.7 Å². The van der Waals surface area contributed by atoms with Gasteiger partial charge in [0.2, 0.25) is 0 Å². The molecule has 0 fully saturated rings. The molecule has 0 unspecified atom stereocenters. The van der Waals surface area contributed by atoms with Gasteiger partial charge in [-0.1, -0.05) is 0 Å². The molecule has 6 heteroatoms. The molecule has 2 aromatic heterocycles. The molecule has 102 valence electrons. The van der Waals surface area contributed by atoms with Crippen LogP contribution in [-0.4, -0.2) is 30.1 Å². The van der Waals surface area contributed by atoms with Crippen molar-refractivity contribution in [1.82, 2.24) is 10.3 Å². The van der Waals surface area contributed by atoms with E-state index in [1.54, 1.807) is 6.20 Å². The lowest BCUT2D eigenvalue weighted by Gasteiger charge is -2.08. The fourth-order valence-corrected chi connectivity index (χ4v) is 2.65. The number of nitrogens with one attached hydrogen (secondary N) is 1. The Kier molecular flexibility index (Phi) is 4.34. The summed E-state index contributed by atoms with van der Waals surface area (Å²) in [7, 11) is 0. The second-order valence-corrected chi connectivity index (χ2v) is 5.42. The molecule has 0 spiro atoms. The van der Waals surface area contributed by atoms with Gasteiger partial charge in [0.15, 0.2) is 0 Å². The van der Waals surface area contributed by atoms with Crippen molar-refractivity contribution in [2.45, 2.75) is 20.0 Å². The van der Waals surface area contributed by atoms with E-state index in [0.29, 0.717) is 29.2 Å². The molecule has 1 amide bonds. The van der Waals surface area contributed by atoms with Crippen LogP contribution in [0.2, 0.25) is 0 Å². The lowest BCUT2D eigenvalue weighted by Crippen LogP contribution is -2.27. The normalized spacial score (nSPS) is 11.1. The van der Waals surface area contributed by atoms with E-state index in [0.717, 1.165) is 4.70 Å². The highest BCUT2D eigenvalue weighted by Gasteiger charge is 2.16. The lowest BCUT2D eigenvalue weighted by molar-refractivity contribution is 0.0748. The summed E-state index contributed by atoms with van der Waals surface area (Å²) in [5.74, 6) is -0.173. The number of anilines is 1. The summed E-state index contributed by atoms with van der Waals surface area (Å²) in [4.78, 5) is 16.7. The van der Waals surface area contributed by atoms with Crippen LogP contribution in [0, 0.1) is 0 Å². The minimum absolute atomic E-state index is 0.162. The van der Waals surface area contributed by atoms with Crippen LogP contribution in [-0.2, 0) is 4.74 Å². The molecule has 0 aliphatic heterocycles. The van der Waals surface area contributed by atoms with Gasteiger partial charge in [0.05, 0.1) is 23.1 Å². The number of aromatic nitrogens is 1. The Morgan fingerprint density at radius 2 is 2.37 bits per heavy atom. The van der Waals surface area contributed by atoms with Crippen LogP contribution in [0.3, 0.4) is 0 Å². The number of nitrogens with two attached hydrogens (primary N) is 1. The molecule has 3 N–H and O–H groups in total. The number of amides is 1. The second kappa shape index (κ2) is 5.99. The summed E-state index contributed by atoms with van der Waals surface area (Å²) in [5.41, 5.74) is 7.09. The third kappa shape index (κ3) is 3.21. The Morgan fingerprint density at radius 1 is 1.58 bits per heavy atom. The van der Waals surface area contributed by atoms with Gasteiger partial charge in [-0.25, -0.2) is 0 Å². The fraction of sp³-hybridized carbons (Fsp3) is 0.385. The van der Waals surface area contributed by atoms with E-state index < -0.39 is 0 Å². The van der Waals surface area contributed by atoms with Crippen molar-refractivity contribution in [1.29, 1.82) is 0 Å². The Hall–Kier alpha value is -1.66. The van der Waals surface area contributed by atoms with Crippen LogP contribution in [0.4, 0.5) is 5.69 Å². The number of pyridine rings is 1. The van der Waals surface area contributed by atoms with E-state index in [9.17, 15) is 4.79 Å². The predicted molar refractivity (Wildman–Crippen MR) is 77.5 cm³/mol. The van der Waals surface area contributed by atoms with Gasteiger partial charge >= 0.3 is 0 Å². The minimum atomic E-state index is -0.173. The number of rotatable bonds is 5. The highest BCUT2D eigenvalue weighted by Crippen LogP contribution is 2.31. The highest BCUT2D eigenvalue weighted by molar-refractivity contribution is 7.21. The maximum Gasteiger partial charge on any atom is 0.263 e. The van der Waals surface area contributed by atoms with E-state index in [1.807, 2.05) is 26.0 Å². The zero-order chi connectivity index (χ0) is 13.8. The van der Waals surface area contributed by atoms with Crippen molar-refractivity contribution < 1.29 is 9.53 Å². The quantitative estimate of drug-likeness (QED) is 0.821. The first-order valence-electron chi connectivity index (χ1n) is 6.12. The number of carbonyl (C=O) groups excluding carboxylic acids is 1. The zero-order valence-corrected chi connectivity index (χ0v) is 11.8. The fourth-order valence-electron chi connectivity index (χ4n) is 1.66. The largest absolute Gasteiger partial charge is 0.396 e.